The summed E-state index contributed by atoms with van der Waals surface area (Å²) in [5.41, 5.74) is 0.296. The molecule has 3 fully saturated rings. The number of nitrogens with one attached hydrogen (secondary N) is 2. The minimum absolute atomic E-state index is 0. The van der Waals surface area contributed by atoms with Gasteiger partial charge < -0.3 is 15.4 Å². The van der Waals surface area contributed by atoms with Gasteiger partial charge in [-0.1, -0.05) is 32.6 Å². The van der Waals surface area contributed by atoms with Crippen LogP contribution in [0.3, 0.4) is 0 Å². The van der Waals surface area contributed by atoms with E-state index in [0.717, 1.165) is 50.4 Å². The van der Waals surface area contributed by atoms with Crippen LogP contribution < -0.4 is 10.6 Å². The van der Waals surface area contributed by atoms with Gasteiger partial charge in [-0.2, -0.15) is 0 Å². The van der Waals surface area contributed by atoms with Crippen LogP contribution in [0.1, 0.15) is 78.1 Å². The Labute approximate surface area is 191 Å². The fraction of sp³-hybridized carbons (Fsp3) is 0.952. The molecule has 0 bridgehead atoms. The normalized spacial score (nSPS) is 33.5. The molecule has 2 N–H and O–H groups in total. The van der Waals surface area contributed by atoms with E-state index >= 15 is 0 Å². The Morgan fingerprint density at radius 2 is 1.86 bits per heavy atom. The summed E-state index contributed by atoms with van der Waals surface area (Å²) in [5.74, 6) is 1.70. The molecular weight excluding hydrogens is 485 g/mol. The van der Waals surface area contributed by atoms with E-state index in [1.165, 1.54) is 32.1 Å². The monoisotopic (exact) mass is 525 g/mol. The van der Waals surface area contributed by atoms with Crippen LogP contribution in [0.5, 0.6) is 0 Å². The molecule has 3 saturated carbocycles. The van der Waals surface area contributed by atoms with E-state index < -0.39 is 10.8 Å². The van der Waals surface area contributed by atoms with Crippen LogP contribution in [0, 0.1) is 5.41 Å². The van der Waals surface area contributed by atoms with Crippen molar-refractivity contribution in [2.75, 3.05) is 19.4 Å². The lowest BCUT2D eigenvalue weighted by molar-refractivity contribution is -0.145. The van der Waals surface area contributed by atoms with Gasteiger partial charge >= 0.3 is 0 Å². The Morgan fingerprint density at radius 3 is 2.50 bits per heavy atom. The van der Waals surface area contributed by atoms with Crippen molar-refractivity contribution in [1.82, 2.24) is 10.6 Å². The molecule has 3 aliphatic rings. The summed E-state index contributed by atoms with van der Waals surface area (Å²) < 4.78 is 18.3. The first-order valence-electron chi connectivity index (χ1n) is 11.1. The fourth-order valence-corrected chi connectivity index (χ4v) is 6.89. The van der Waals surface area contributed by atoms with Gasteiger partial charge in [0, 0.05) is 53.0 Å². The van der Waals surface area contributed by atoms with Crippen LogP contribution in [-0.4, -0.2) is 53.0 Å². The molecule has 0 heterocycles. The van der Waals surface area contributed by atoms with E-state index in [9.17, 15) is 4.21 Å². The zero-order valence-electron chi connectivity index (χ0n) is 17.9. The van der Waals surface area contributed by atoms with Gasteiger partial charge in [0.15, 0.2) is 5.96 Å². The van der Waals surface area contributed by atoms with E-state index in [0.29, 0.717) is 28.9 Å². The van der Waals surface area contributed by atoms with Gasteiger partial charge in [0.2, 0.25) is 0 Å². The highest BCUT2D eigenvalue weighted by atomic mass is 127. The summed E-state index contributed by atoms with van der Waals surface area (Å²) in [6, 6.07) is 0.847. The van der Waals surface area contributed by atoms with E-state index in [2.05, 4.69) is 22.5 Å². The highest BCUT2D eigenvalue weighted by Gasteiger charge is 2.55. The molecule has 0 aliphatic heterocycles. The van der Waals surface area contributed by atoms with Crippen LogP contribution >= 0.6 is 24.0 Å². The molecule has 7 heteroatoms. The number of guanidine groups is 1. The number of aliphatic imine (C=N–C) groups is 1. The molecule has 0 aromatic heterocycles. The van der Waals surface area contributed by atoms with Crippen LogP contribution in [0.4, 0.5) is 0 Å². The zero-order valence-corrected chi connectivity index (χ0v) is 21.0. The molecule has 0 aromatic carbocycles. The first-order chi connectivity index (χ1) is 13.1. The molecule has 5 nitrogen and oxygen atoms in total. The van der Waals surface area contributed by atoms with Crippen LogP contribution in [-0.2, 0) is 15.5 Å². The van der Waals surface area contributed by atoms with Crippen molar-refractivity contribution in [2.45, 2.75) is 101 Å². The van der Waals surface area contributed by atoms with Gasteiger partial charge in [0.1, 0.15) is 0 Å². The quantitative estimate of drug-likeness (QED) is 0.313. The first kappa shape index (κ1) is 24.4. The van der Waals surface area contributed by atoms with Gasteiger partial charge in [0.25, 0.3) is 0 Å². The summed E-state index contributed by atoms with van der Waals surface area (Å²) in [5, 5.41) is 7.73. The van der Waals surface area contributed by atoms with Gasteiger partial charge in [-0.25, -0.2) is 0 Å². The Morgan fingerprint density at radius 1 is 1.11 bits per heavy atom. The Balaban J connectivity index is 0.00000280. The number of hydrogen-bond donors (Lipinski definition) is 2. The molecule has 0 radical (unpaired) electrons. The smallest absolute Gasteiger partial charge is 0.191 e. The van der Waals surface area contributed by atoms with Crippen molar-refractivity contribution in [2.24, 2.45) is 10.4 Å². The lowest BCUT2D eigenvalue weighted by atomic mass is 9.55. The summed E-state index contributed by atoms with van der Waals surface area (Å²) in [6.07, 6.45) is 12.4. The lowest BCUT2D eigenvalue weighted by Gasteiger charge is -2.58. The summed E-state index contributed by atoms with van der Waals surface area (Å²) in [7, 11) is 1.18. The molecule has 5 unspecified atom stereocenters. The van der Waals surface area contributed by atoms with Crippen molar-refractivity contribution >= 4 is 40.7 Å². The second kappa shape index (κ2) is 11.5. The average Bonchev–Trinajstić information content (AvgIpc) is 2.72. The largest absolute Gasteiger partial charge is 0.378 e. The Hall–Kier alpha value is 0.110. The molecule has 3 rings (SSSR count). The van der Waals surface area contributed by atoms with Crippen molar-refractivity contribution < 1.29 is 8.95 Å². The van der Waals surface area contributed by atoms with E-state index in [1.807, 2.05) is 14.0 Å². The van der Waals surface area contributed by atoms with E-state index in [4.69, 9.17) is 4.74 Å². The minimum Gasteiger partial charge on any atom is -0.378 e. The van der Waals surface area contributed by atoms with Gasteiger partial charge in [-0.3, -0.25) is 9.20 Å². The van der Waals surface area contributed by atoms with E-state index in [-0.39, 0.29) is 24.0 Å². The van der Waals surface area contributed by atoms with Crippen LogP contribution in [0.25, 0.3) is 0 Å². The van der Waals surface area contributed by atoms with Crippen LogP contribution in [0.2, 0.25) is 0 Å². The second-order valence-corrected chi connectivity index (χ2v) is 10.5. The second-order valence-electron chi connectivity index (χ2n) is 8.54. The van der Waals surface area contributed by atoms with Gasteiger partial charge in [-0.15, -0.1) is 24.0 Å². The molecular formula is C21H40IN3O2S. The molecule has 28 heavy (non-hydrogen) atoms. The summed E-state index contributed by atoms with van der Waals surface area (Å²) >= 11 is 0. The molecule has 0 amide bonds. The summed E-state index contributed by atoms with van der Waals surface area (Å²) in [4.78, 5) is 4.52. The molecule has 164 valence electrons. The number of halogens is 1. The SMILES string of the molecule is CCOC1CC(NC(=NC)NC2CCCC(S(=O)CC)C2)C12CCCCC2.I. The molecule has 0 aromatic rings. The highest BCUT2D eigenvalue weighted by Crippen LogP contribution is 2.53. The standard InChI is InChI=1S/C21H39N3O2S.HI/c1-4-26-19-15-18(21(19)12-7-6-8-13-21)24-20(22-3)23-16-10-9-11-17(14-16)27(25)5-2;/h16-19H,4-15H2,1-3H3,(H2,22,23,24);1H. The maximum atomic E-state index is 12.2. The zero-order chi connectivity index (χ0) is 19.3. The third kappa shape index (κ3) is 5.42. The first-order valence-corrected chi connectivity index (χ1v) is 12.5. The number of ether oxygens (including phenoxy) is 1. The molecule has 5 atom stereocenters. The Bertz CT molecular complexity index is 540. The van der Waals surface area contributed by atoms with Crippen molar-refractivity contribution in [3.8, 4) is 0 Å². The number of nitrogens with zero attached hydrogens (tertiary/aromatic N) is 1. The average molecular weight is 526 g/mol. The Kier molecular flexibility index (Phi) is 10.0. The molecule has 1 spiro atoms. The summed E-state index contributed by atoms with van der Waals surface area (Å²) in [6.45, 7) is 4.95. The minimum atomic E-state index is -0.685. The van der Waals surface area contributed by atoms with Gasteiger partial charge in [-0.05, 0) is 45.4 Å². The number of rotatable bonds is 6. The predicted molar refractivity (Wildman–Crippen MR) is 129 cm³/mol. The van der Waals surface area contributed by atoms with Crippen molar-refractivity contribution in [1.29, 1.82) is 0 Å². The number of hydrogen-bond acceptors (Lipinski definition) is 3. The van der Waals surface area contributed by atoms with Crippen molar-refractivity contribution in [3.63, 3.8) is 0 Å². The van der Waals surface area contributed by atoms with E-state index in [1.54, 1.807) is 0 Å². The lowest BCUT2D eigenvalue weighted by Crippen LogP contribution is -2.67. The maximum absolute atomic E-state index is 12.2. The fourth-order valence-electron chi connectivity index (χ4n) is 5.55. The third-order valence-electron chi connectivity index (χ3n) is 7.10. The maximum Gasteiger partial charge on any atom is 0.191 e. The molecule has 3 aliphatic carbocycles. The van der Waals surface area contributed by atoms with Crippen LogP contribution in [0.15, 0.2) is 4.99 Å². The molecule has 0 saturated heterocycles. The predicted octanol–water partition coefficient (Wildman–Crippen LogP) is 3.98. The third-order valence-corrected chi connectivity index (χ3v) is 8.84. The van der Waals surface area contributed by atoms with Crippen molar-refractivity contribution in [3.05, 3.63) is 0 Å². The van der Waals surface area contributed by atoms with Gasteiger partial charge in [0.05, 0.1) is 6.10 Å². The highest BCUT2D eigenvalue weighted by molar-refractivity contribution is 14.0. The topological polar surface area (TPSA) is 62.7 Å².